The van der Waals surface area contributed by atoms with E-state index < -0.39 is 7.14 Å². The largest absolute Gasteiger partial charge is 0.318 e. The van der Waals surface area contributed by atoms with Crippen molar-refractivity contribution in [2.24, 2.45) is 0 Å². The molecule has 3 heterocycles. The predicted molar refractivity (Wildman–Crippen MR) is 122 cm³/mol. The minimum absolute atomic E-state index is 0.132. The van der Waals surface area contributed by atoms with Crippen LogP contribution in [0, 0.1) is 0 Å². The van der Waals surface area contributed by atoms with Crippen LogP contribution in [0.4, 0.5) is 5.95 Å². The van der Waals surface area contributed by atoms with Crippen molar-refractivity contribution in [3.05, 3.63) is 47.1 Å². The molecule has 2 N–H and O–H groups in total. The highest BCUT2D eigenvalue weighted by Crippen LogP contribution is 2.34. The fraction of sp³-hybridized carbons (Fsp3) is 0.381. The Kier molecular flexibility index (Phi) is 5.96. The SMILES string of the molecule is CP(C)(=O)c1cc(C(=O)Nc2nc3cccc(Cl)c3n2C2CCCCNC2)ccn1. The lowest BCUT2D eigenvalue weighted by atomic mass is 10.1. The van der Waals surface area contributed by atoms with Gasteiger partial charge in [0.2, 0.25) is 5.95 Å². The first-order valence-corrected chi connectivity index (χ1v) is 13.0. The van der Waals surface area contributed by atoms with Crippen molar-refractivity contribution in [3.8, 4) is 0 Å². The number of imidazole rings is 1. The van der Waals surface area contributed by atoms with E-state index in [2.05, 4.69) is 20.6 Å². The number of amides is 1. The van der Waals surface area contributed by atoms with Crippen LogP contribution < -0.4 is 16.1 Å². The van der Waals surface area contributed by atoms with Crippen LogP contribution in [-0.2, 0) is 4.57 Å². The van der Waals surface area contributed by atoms with Gasteiger partial charge < -0.3 is 14.4 Å². The van der Waals surface area contributed by atoms with Crippen LogP contribution in [0.25, 0.3) is 11.0 Å². The van der Waals surface area contributed by atoms with Crippen molar-refractivity contribution >= 4 is 47.1 Å². The summed E-state index contributed by atoms with van der Waals surface area (Å²) in [4.78, 5) is 21.8. The van der Waals surface area contributed by atoms with Crippen molar-refractivity contribution in [2.45, 2.75) is 25.3 Å². The lowest BCUT2D eigenvalue weighted by Crippen LogP contribution is -2.26. The Labute approximate surface area is 180 Å². The fourth-order valence-electron chi connectivity index (χ4n) is 3.80. The molecule has 0 spiro atoms. The fourth-order valence-corrected chi connectivity index (χ4v) is 4.85. The van der Waals surface area contributed by atoms with E-state index in [1.165, 1.54) is 6.20 Å². The summed E-state index contributed by atoms with van der Waals surface area (Å²) in [5, 5.41) is 7.02. The van der Waals surface area contributed by atoms with E-state index in [0.717, 1.165) is 43.4 Å². The molecule has 1 aliphatic rings. The highest BCUT2D eigenvalue weighted by molar-refractivity contribution is 7.69. The second kappa shape index (κ2) is 8.50. The lowest BCUT2D eigenvalue weighted by Gasteiger charge is -2.20. The maximum Gasteiger partial charge on any atom is 0.258 e. The zero-order chi connectivity index (χ0) is 21.3. The zero-order valence-electron chi connectivity index (χ0n) is 17.1. The number of para-hydroxylation sites is 1. The summed E-state index contributed by atoms with van der Waals surface area (Å²) < 4.78 is 14.4. The van der Waals surface area contributed by atoms with Gasteiger partial charge in [-0.05, 0) is 57.0 Å². The van der Waals surface area contributed by atoms with Crippen molar-refractivity contribution < 1.29 is 9.36 Å². The molecule has 0 bridgehead atoms. The van der Waals surface area contributed by atoms with E-state index in [1.807, 2.05) is 22.8 Å². The van der Waals surface area contributed by atoms with Crippen LogP contribution in [-0.4, -0.2) is 46.9 Å². The van der Waals surface area contributed by atoms with Gasteiger partial charge in [0.1, 0.15) is 12.6 Å². The molecule has 4 rings (SSSR count). The summed E-state index contributed by atoms with van der Waals surface area (Å²) in [7, 11) is -2.57. The summed E-state index contributed by atoms with van der Waals surface area (Å²) >= 11 is 6.53. The van der Waals surface area contributed by atoms with Gasteiger partial charge in [0.25, 0.3) is 5.91 Å². The van der Waals surface area contributed by atoms with Gasteiger partial charge in [-0.1, -0.05) is 24.1 Å². The average molecular weight is 446 g/mol. The number of fused-ring (bicyclic) bond motifs is 1. The Hall–Kier alpha value is -2.21. The Morgan fingerprint density at radius 1 is 1.30 bits per heavy atom. The van der Waals surface area contributed by atoms with Gasteiger partial charge in [0, 0.05) is 24.3 Å². The standard InChI is InChI=1S/C21H25ClN5O2P/c1-30(2,29)18-12-14(9-11-24-18)20(28)26-21-25-17-8-5-7-16(22)19(17)27(21)15-6-3-4-10-23-13-15/h5,7-9,11-12,15,23H,3-4,6,10,13H2,1-2H3,(H,25,26,28). The van der Waals surface area contributed by atoms with Gasteiger partial charge in [-0.25, -0.2) is 4.98 Å². The molecule has 1 aliphatic heterocycles. The molecule has 3 aromatic rings. The number of hydrogen-bond acceptors (Lipinski definition) is 5. The van der Waals surface area contributed by atoms with Crippen LogP contribution in [0.1, 0.15) is 35.7 Å². The van der Waals surface area contributed by atoms with Crippen LogP contribution in [0.2, 0.25) is 5.02 Å². The van der Waals surface area contributed by atoms with Gasteiger partial charge in [-0.3, -0.25) is 15.1 Å². The summed E-state index contributed by atoms with van der Waals surface area (Å²) in [5.41, 5.74) is 2.39. The number of hydrogen-bond donors (Lipinski definition) is 2. The first kappa shape index (κ1) is 21.0. The van der Waals surface area contributed by atoms with E-state index in [4.69, 9.17) is 11.6 Å². The molecule has 7 nitrogen and oxygen atoms in total. The molecule has 158 valence electrons. The summed E-state index contributed by atoms with van der Waals surface area (Å²) in [5.74, 6) is 0.146. The first-order chi connectivity index (χ1) is 14.3. The molecule has 30 heavy (non-hydrogen) atoms. The van der Waals surface area contributed by atoms with Gasteiger partial charge in [0.15, 0.2) is 0 Å². The minimum atomic E-state index is -2.57. The van der Waals surface area contributed by atoms with Crippen molar-refractivity contribution in [1.82, 2.24) is 19.9 Å². The highest BCUT2D eigenvalue weighted by atomic mass is 35.5. The zero-order valence-corrected chi connectivity index (χ0v) is 18.7. The molecule has 0 saturated carbocycles. The number of nitrogens with one attached hydrogen (secondary N) is 2. The van der Waals surface area contributed by atoms with E-state index in [9.17, 15) is 9.36 Å². The second-order valence-electron chi connectivity index (χ2n) is 7.97. The smallest absolute Gasteiger partial charge is 0.258 e. The molecular weight excluding hydrogens is 421 g/mol. The van der Waals surface area contributed by atoms with Crippen LogP contribution in [0.3, 0.4) is 0 Å². The number of rotatable bonds is 4. The number of pyridine rings is 1. The van der Waals surface area contributed by atoms with Crippen LogP contribution >= 0.6 is 18.7 Å². The molecule has 1 saturated heterocycles. The number of halogens is 1. The topological polar surface area (TPSA) is 88.9 Å². The molecule has 2 aromatic heterocycles. The molecule has 1 unspecified atom stereocenters. The minimum Gasteiger partial charge on any atom is -0.318 e. The highest BCUT2D eigenvalue weighted by Gasteiger charge is 2.24. The maximum absolute atomic E-state index is 13.0. The predicted octanol–water partition coefficient (Wildman–Crippen LogP) is 3.90. The van der Waals surface area contributed by atoms with Gasteiger partial charge in [-0.15, -0.1) is 0 Å². The third-order valence-corrected chi connectivity index (χ3v) is 6.98. The number of nitrogens with zero attached hydrogens (tertiary/aromatic N) is 3. The monoisotopic (exact) mass is 445 g/mol. The molecule has 0 aliphatic carbocycles. The number of anilines is 1. The van der Waals surface area contributed by atoms with Gasteiger partial charge in [-0.2, -0.15) is 0 Å². The third kappa shape index (κ3) is 4.29. The maximum atomic E-state index is 13.0. The van der Waals surface area contributed by atoms with E-state index in [-0.39, 0.29) is 11.9 Å². The summed E-state index contributed by atoms with van der Waals surface area (Å²) in [6.07, 6.45) is 4.69. The molecule has 1 aromatic carbocycles. The van der Waals surface area contributed by atoms with Gasteiger partial charge in [0.05, 0.1) is 16.1 Å². The molecule has 1 amide bonds. The molecule has 0 radical (unpaired) electrons. The molecule has 1 fully saturated rings. The van der Waals surface area contributed by atoms with Crippen molar-refractivity contribution in [2.75, 3.05) is 31.7 Å². The van der Waals surface area contributed by atoms with E-state index in [1.54, 1.807) is 25.5 Å². The average Bonchev–Trinajstić information content (AvgIpc) is 2.88. The quantitative estimate of drug-likeness (QED) is 0.594. The van der Waals surface area contributed by atoms with Crippen molar-refractivity contribution in [1.29, 1.82) is 0 Å². The molecule has 9 heteroatoms. The van der Waals surface area contributed by atoms with E-state index in [0.29, 0.717) is 22.0 Å². The molecule has 1 atom stereocenters. The second-order valence-corrected chi connectivity index (χ2v) is 11.5. The Morgan fingerprint density at radius 3 is 2.93 bits per heavy atom. The Bertz CT molecular complexity index is 1130. The number of carbonyl (C=O) groups is 1. The first-order valence-electron chi connectivity index (χ1n) is 10.0. The Morgan fingerprint density at radius 2 is 2.13 bits per heavy atom. The van der Waals surface area contributed by atoms with Gasteiger partial charge >= 0.3 is 0 Å². The third-order valence-electron chi connectivity index (χ3n) is 5.33. The van der Waals surface area contributed by atoms with Crippen LogP contribution in [0.5, 0.6) is 0 Å². The normalized spacial score (nSPS) is 17.6. The summed E-state index contributed by atoms with van der Waals surface area (Å²) in [6.45, 7) is 5.04. The summed E-state index contributed by atoms with van der Waals surface area (Å²) in [6, 6.07) is 8.92. The number of benzene rings is 1. The molecular formula is C21H25ClN5O2P. The van der Waals surface area contributed by atoms with Crippen molar-refractivity contribution in [3.63, 3.8) is 0 Å². The van der Waals surface area contributed by atoms with Crippen LogP contribution in [0.15, 0.2) is 36.5 Å². The number of carbonyl (C=O) groups excluding carboxylic acids is 1. The number of aromatic nitrogens is 3. The van der Waals surface area contributed by atoms with E-state index >= 15 is 0 Å². The Balaban J connectivity index is 1.74. The lowest BCUT2D eigenvalue weighted by molar-refractivity contribution is 0.102.